The largest absolute Gasteiger partial charge is 0.507 e. The minimum absolute atomic E-state index is 0.140. The molecule has 27 heavy (non-hydrogen) atoms. The second-order valence-corrected chi connectivity index (χ2v) is 9.31. The number of benzene rings is 2. The maximum absolute atomic E-state index is 11.0. The van der Waals surface area contributed by atoms with Crippen LogP contribution >= 0.6 is 0 Å². The van der Waals surface area contributed by atoms with Crippen LogP contribution in [0.15, 0.2) is 49.1 Å². The molecule has 1 unspecified atom stereocenters. The highest BCUT2D eigenvalue weighted by atomic mass is 16.5. The highest BCUT2D eigenvalue weighted by Gasteiger charge is 2.28. The first kappa shape index (κ1) is 21.1. The lowest BCUT2D eigenvalue weighted by atomic mass is 9.76. The molecule has 0 fully saturated rings. The Kier molecular flexibility index (Phi) is 6.09. The minimum atomic E-state index is -0.140. The first-order valence-corrected chi connectivity index (χ1v) is 9.61. The zero-order valence-electron chi connectivity index (χ0n) is 17.9. The summed E-state index contributed by atoms with van der Waals surface area (Å²) in [7, 11) is 1.68. The first-order chi connectivity index (χ1) is 12.5. The van der Waals surface area contributed by atoms with Crippen LogP contribution < -0.4 is 4.74 Å². The summed E-state index contributed by atoms with van der Waals surface area (Å²) in [6.45, 7) is 16.9. The molecule has 0 spiro atoms. The van der Waals surface area contributed by atoms with E-state index in [1.54, 1.807) is 7.11 Å². The molecular formula is C25H34O2. The number of allylic oxidation sites excluding steroid dienone is 1. The predicted octanol–water partition coefficient (Wildman–Crippen LogP) is 6.70. The molecule has 2 rings (SSSR count). The number of hydrogen-bond acceptors (Lipinski definition) is 2. The van der Waals surface area contributed by atoms with E-state index in [1.165, 1.54) is 11.1 Å². The van der Waals surface area contributed by atoms with Gasteiger partial charge in [-0.2, -0.15) is 0 Å². The molecule has 0 radical (unpaired) electrons. The van der Waals surface area contributed by atoms with Crippen LogP contribution in [0.25, 0.3) is 0 Å². The molecule has 2 heteroatoms. The third kappa shape index (κ3) is 4.74. The monoisotopic (exact) mass is 366 g/mol. The molecule has 2 aromatic rings. The zero-order chi connectivity index (χ0) is 20.4. The Morgan fingerprint density at radius 1 is 0.926 bits per heavy atom. The molecule has 0 heterocycles. The topological polar surface area (TPSA) is 29.5 Å². The molecule has 2 nitrogen and oxygen atoms in total. The van der Waals surface area contributed by atoms with Crippen molar-refractivity contribution in [2.75, 3.05) is 7.11 Å². The summed E-state index contributed by atoms with van der Waals surface area (Å²) in [5.74, 6) is 1.47. The van der Waals surface area contributed by atoms with Crippen molar-refractivity contribution in [3.63, 3.8) is 0 Å². The molecule has 0 aromatic heterocycles. The van der Waals surface area contributed by atoms with Crippen molar-refractivity contribution >= 4 is 0 Å². The molecule has 0 aliphatic rings. The van der Waals surface area contributed by atoms with Crippen LogP contribution in [0.5, 0.6) is 11.5 Å². The molecule has 146 valence electrons. The summed E-state index contributed by atoms with van der Waals surface area (Å²) in [5.41, 5.74) is 4.14. The maximum atomic E-state index is 11.0. The lowest BCUT2D eigenvalue weighted by molar-refractivity contribution is 0.414. The van der Waals surface area contributed by atoms with E-state index < -0.39 is 0 Å². The van der Waals surface area contributed by atoms with Crippen LogP contribution in [-0.2, 0) is 10.8 Å². The number of aromatic hydroxyl groups is 1. The van der Waals surface area contributed by atoms with Gasteiger partial charge in [0, 0.05) is 5.92 Å². The average Bonchev–Trinajstić information content (AvgIpc) is 2.58. The number of hydrogen-bond donors (Lipinski definition) is 1. The Morgan fingerprint density at radius 3 is 1.78 bits per heavy atom. The van der Waals surface area contributed by atoms with Crippen LogP contribution in [0.3, 0.4) is 0 Å². The number of phenols is 1. The van der Waals surface area contributed by atoms with Crippen molar-refractivity contribution in [3.05, 3.63) is 71.3 Å². The fourth-order valence-corrected chi connectivity index (χ4v) is 3.47. The SMILES string of the molecule is C=CCC(c1ccc(OC)cc1)c1cc(C(C)(C)C)c(O)c(C(C)(C)C)c1. The van der Waals surface area contributed by atoms with Crippen LogP contribution in [0.4, 0.5) is 0 Å². The van der Waals surface area contributed by atoms with E-state index in [-0.39, 0.29) is 16.7 Å². The van der Waals surface area contributed by atoms with Gasteiger partial charge in [-0.25, -0.2) is 0 Å². The molecule has 0 saturated carbocycles. The highest BCUT2D eigenvalue weighted by Crippen LogP contribution is 2.42. The zero-order valence-corrected chi connectivity index (χ0v) is 17.9. The van der Waals surface area contributed by atoms with Gasteiger partial charge >= 0.3 is 0 Å². The fourth-order valence-electron chi connectivity index (χ4n) is 3.47. The number of rotatable bonds is 5. The second kappa shape index (κ2) is 7.80. The summed E-state index contributed by atoms with van der Waals surface area (Å²) < 4.78 is 5.30. The molecule has 2 aromatic carbocycles. The van der Waals surface area contributed by atoms with E-state index in [4.69, 9.17) is 4.74 Å². The van der Waals surface area contributed by atoms with Gasteiger partial charge in [-0.05, 0) is 51.6 Å². The van der Waals surface area contributed by atoms with E-state index in [0.717, 1.165) is 23.3 Å². The van der Waals surface area contributed by atoms with Gasteiger partial charge in [0.15, 0.2) is 0 Å². The van der Waals surface area contributed by atoms with Gasteiger partial charge in [0.25, 0.3) is 0 Å². The maximum Gasteiger partial charge on any atom is 0.123 e. The Hall–Kier alpha value is -2.22. The van der Waals surface area contributed by atoms with Crippen molar-refractivity contribution < 1.29 is 9.84 Å². The van der Waals surface area contributed by atoms with Crippen molar-refractivity contribution in [2.45, 2.75) is 64.7 Å². The third-order valence-corrected chi connectivity index (χ3v) is 5.07. The molecule has 1 atom stereocenters. The number of ether oxygens (including phenoxy) is 1. The third-order valence-electron chi connectivity index (χ3n) is 5.07. The summed E-state index contributed by atoms with van der Waals surface area (Å²) in [6, 6.07) is 12.6. The van der Waals surface area contributed by atoms with Crippen molar-refractivity contribution in [3.8, 4) is 11.5 Å². The lowest BCUT2D eigenvalue weighted by Crippen LogP contribution is -2.18. The van der Waals surface area contributed by atoms with Gasteiger partial charge in [-0.3, -0.25) is 0 Å². The van der Waals surface area contributed by atoms with Crippen LogP contribution in [0.1, 0.15) is 76.1 Å². The smallest absolute Gasteiger partial charge is 0.123 e. The van der Waals surface area contributed by atoms with Gasteiger partial charge < -0.3 is 9.84 Å². The molecule has 0 amide bonds. The van der Waals surface area contributed by atoms with Crippen molar-refractivity contribution in [1.29, 1.82) is 0 Å². The summed E-state index contributed by atoms with van der Waals surface area (Å²) in [5, 5.41) is 11.0. The fraction of sp³-hybridized carbons (Fsp3) is 0.440. The van der Waals surface area contributed by atoms with E-state index in [2.05, 4.69) is 72.4 Å². The number of phenolic OH excluding ortho intramolecular Hbond substituents is 1. The van der Waals surface area contributed by atoms with Gasteiger partial charge in [0.1, 0.15) is 11.5 Å². The van der Waals surface area contributed by atoms with Crippen LogP contribution in [0, 0.1) is 0 Å². The van der Waals surface area contributed by atoms with Crippen molar-refractivity contribution in [2.24, 2.45) is 0 Å². The lowest BCUT2D eigenvalue weighted by Gasteiger charge is -2.30. The Morgan fingerprint density at radius 2 is 1.41 bits per heavy atom. The van der Waals surface area contributed by atoms with Crippen LogP contribution in [-0.4, -0.2) is 12.2 Å². The summed E-state index contributed by atoms with van der Waals surface area (Å²) >= 11 is 0. The Labute approximate surface area is 164 Å². The molecule has 1 N–H and O–H groups in total. The normalized spacial score (nSPS) is 13.3. The molecule has 0 bridgehead atoms. The first-order valence-electron chi connectivity index (χ1n) is 9.61. The second-order valence-electron chi connectivity index (χ2n) is 9.31. The Bertz CT molecular complexity index is 752. The summed E-state index contributed by atoms with van der Waals surface area (Å²) in [6.07, 6.45) is 2.81. The van der Waals surface area contributed by atoms with E-state index in [1.807, 2.05) is 18.2 Å². The highest BCUT2D eigenvalue weighted by molar-refractivity contribution is 5.52. The van der Waals surface area contributed by atoms with Crippen LogP contribution in [0.2, 0.25) is 0 Å². The van der Waals surface area contributed by atoms with Gasteiger partial charge in [0.05, 0.1) is 7.11 Å². The molecular weight excluding hydrogens is 332 g/mol. The minimum Gasteiger partial charge on any atom is -0.507 e. The molecule has 0 aliphatic carbocycles. The van der Waals surface area contributed by atoms with Gasteiger partial charge in [0.2, 0.25) is 0 Å². The van der Waals surface area contributed by atoms with E-state index >= 15 is 0 Å². The Balaban J connectivity index is 2.69. The average molecular weight is 367 g/mol. The molecule has 0 aliphatic heterocycles. The standard InChI is InChI=1S/C25H34O2/c1-9-10-20(17-11-13-19(27-8)14-12-17)18-15-21(24(2,3)4)23(26)22(16-18)25(5,6)7/h9,11-16,20,26H,1,10H2,2-8H3. The predicted molar refractivity (Wildman–Crippen MR) is 115 cm³/mol. The van der Waals surface area contributed by atoms with Gasteiger partial charge in [-0.1, -0.05) is 71.9 Å². The van der Waals surface area contributed by atoms with E-state index in [9.17, 15) is 5.11 Å². The van der Waals surface area contributed by atoms with E-state index in [0.29, 0.717) is 5.75 Å². The quantitative estimate of drug-likeness (QED) is 0.596. The van der Waals surface area contributed by atoms with Crippen molar-refractivity contribution in [1.82, 2.24) is 0 Å². The summed E-state index contributed by atoms with van der Waals surface area (Å²) in [4.78, 5) is 0. The number of methoxy groups -OCH3 is 1. The van der Waals surface area contributed by atoms with Gasteiger partial charge in [-0.15, -0.1) is 6.58 Å². The molecule has 0 saturated heterocycles.